The fourth-order valence-corrected chi connectivity index (χ4v) is 1.83. The highest BCUT2D eigenvalue weighted by molar-refractivity contribution is 8.00. The van der Waals surface area contributed by atoms with Gasteiger partial charge in [-0.3, -0.25) is 9.59 Å². The van der Waals surface area contributed by atoms with E-state index in [0.717, 1.165) is 29.4 Å². The molecule has 0 aliphatic rings. The van der Waals surface area contributed by atoms with Gasteiger partial charge in [-0.15, -0.1) is 11.8 Å². The van der Waals surface area contributed by atoms with Crippen LogP contribution in [0.15, 0.2) is 24.3 Å². The summed E-state index contributed by atoms with van der Waals surface area (Å²) in [7, 11) is 0. The summed E-state index contributed by atoms with van der Waals surface area (Å²) in [4.78, 5) is 21.7. The molecule has 1 rings (SSSR count). The highest BCUT2D eigenvalue weighted by Gasteiger charge is 2.04. The largest absolute Gasteiger partial charge is 0.481 e. The molecule has 1 amide bonds. The van der Waals surface area contributed by atoms with Crippen LogP contribution in [0.5, 0.6) is 0 Å². The van der Waals surface area contributed by atoms with Gasteiger partial charge < -0.3 is 10.4 Å². The van der Waals surface area contributed by atoms with Crippen molar-refractivity contribution in [3.8, 4) is 0 Å². The zero-order valence-electron chi connectivity index (χ0n) is 9.60. The predicted octanol–water partition coefficient (Wildman–Crippen LogP) is 2.01. The summed E-state index contributed by atoms with van der Waals surface area (Å²) < 4.78 is 0. The number of benzene rings is 1. The third kappa shape index (κ3) is 5.40. The van der Waals surface area contributed by atoms with Crippen molar-refractivity contribution in [3.63, 3.8) is 0 Å². The molecule has 0 atom stereocenters. The molecule has 2 N–H and O–H groups in total. The van der Waals surface area contributed by atoms with E-state index in [1.807, 2.05) is 31.2 Å². The van der Waals surface area contributed by atoms with Gasteiger partial charge in [0.2, 0.25) is 5.91 Å². The normalized spacial score (nSPS) is 9.94. The number of carbonyl (C=O) groups is 2. The quantitative estimate of drug-likeness (QED) is 0.813. The first-order valence-electron chi connectivity index (χ1n) is 5.30. The van der Waals surface area contributed by atoms with Gasteiger partial charge in [-0.25, -0.2) is 0 Å². The molecule has 4 nitrogen and oxygen atoms in total. The molecule has 0 unspecified atom stereocenters. The highest BCUT2D eigenvalue weighted by atomic mass is 32.2. The number of amides is 1. The number of hydrogen-bond donors (Lipinski definition) is 2. The van der Waals surface area contributed by atoms with Crippen LogP contribution in [0.2, 0.25) is 0 Å². The van der Waals surface area contributed by atoms with Gasteiger partial charge in [0.1, 0.15) is 0 Å². The summed E-state index contributed by atoms with van der Waals surface area (Å²) in [5, 5.41) is 11.2. The van der Waals surface area contributed by atoms with E-state index in [1.165, 1.54) is 0 Å². The summed E-state index contributed by atoms with van der Waals surface area (Å²) in [5.41, 5.74) is 1.91. The number of carbonyl (C=O) groups excluding carboxylic acids is 1. The number of hydrogen-bond acceptors (Lipinski definition) is 3. The molecule has 0 saturated carbocycles. The molecule has 0 aromatic heterocycles. The standard InChI is InChI=1S/C12H15NO3S/c1-2-9-4-3-5-10(6-9)13-11(14)7-17-8-12(15)16/h3-6H,2,7-8H2,1H3,(H,13,14)(H,15,16). The lowest BCUT2D eigenvalue weighted by Gasteiger charge is -2.05. The Bertz CT molecular complexity index is 406. The molecule has 0 spiro atoms. The first-order valence-corrected chi connectivity index (χ1v) is 6.45. The monoisotopic (exact) mass is 253 g/mol. The molecular formula is C12H15NO3S. The van der Waals surface area contributed by atoms with E-state index in [4.69, 9.17) is 5.11 Å². The first kappa shape index (κ1) is 13.6. The third-order valence-electron chi connectivity index (χ3n) is 2.08. The average molecular weight is 253 g/mol. The van der Waals surface area contributed by atoms with Crippen LogP contribution in [0.25, 0.3) is 0 Å². The number of nitrogens with one attached hydrogen (secondary N) is 1. The van der Waals surface area contributed by atoms with Gasteiger partial charge in [-0.2, -0.15) is 0 Å². The van der Waals surface area contributed by atoms with Gasteiger partial charge in [-0.05, 0) is 24.1 Å². The molecule has 0 saturated heterocycles. The molecule has 17 heavy (non-hydrogen) atoms. The van der Waals surface area contributed by atoms with E-state index in [2.05, 4.69) is 5.32 Å². The van der Waals surface area contributed by atoms with Gasteiger partial charge in [-0.1, -0.05) is 19.1 Å². The van der Waals surface area contributed by atoms with Crippen molar-refractivity contribution in [2.24, 2.45) is 0 Å². The van der Waals surface area contributed by atoms with E-state index < -0.39 is 5.97 Å². The number of carboxylic acids is 1. The Hall–Kier alpha value is -1.49. The number of thioether (sulfide) groups is 1. The smallest absolute Gasteiger partial charge is 0.313 e. The lowest BCUT2D eigenvalue weighted by atomic mass is 10.1. The van der Waals surface area contributed by atoms with E-state index in [1.54, 1.807) is 0 Å². The van der Waals surface area contributed by atoms with Gasteiger partial charge >= 0.3 is 5.97 Å². The Balaban J connectivity index is 2.42. The summed E-state index contributed by atoms with van der Waals surface area (Å²) in [6.07, 6.45) is 0.914. The molecule has 0 aliphatic carbocycles. The number of rotatable bonds is 6. The maximum Gasteiger partial charge on any atom is 0.313 e. The Kier molecular flexibility index (Phi) is 5.56. The lowest BCUT2D eigenvalue weighted by Crippen LogP contribution is -2.15. The number of carboxylic acid groups (broad SMARTS) is 1. The maximum absolute atomic E-state index is 11.5. The van der Waals surface area contributed by atoms with Gasteiger partial charge in [0.05, 0.1) is 11.5 Å². The second-order valence-corrected chi connectivity index (χ2v) is 4.47. The van der Waals surface area contributed by atoms with Crippen LogP contribution in [0.4, 0.5) is 5.69 Å². The van der Waals surface area contributed by atoms with Gasteiger partial charge in [0, 0.05) is 5.69 Å². The second-order valence-electron chi connectivity index (χ2n) is 3.49. The Morgan fingerprint density at radius 3 is 2.76 bits per heavy atom. The van der Waals surface area contributed by atoms with Crippen LogP contribution in [0.1, 0.15) is 12.5 Å². The summed E-state index contributed by atoms with van der Waals surface area (Å²) in [6.45, 7) is 2.05. The van der Waals surface area contributed by atoms with Crippen molar-refractivity contribution < 1.29 is 14.7 Å². The summed E-state index contributed by atoms with van der Waals surface area (Å²) >= 11 is 1.09. The van der Waals surface area contributed by atoms with Crippen LogP contribution >= 0.6 is 11.8 Å². The Morgan fingerprint density at radius 2 is 2.12 bits per heavy atom. The Morgan fingerprint density at radius 1 is 1.35 bits per heavy atom. The van der Waals surface area contributed by atoms with Crippen molar-refractivity contribution >= 4 is 29.3 Å². The SMILES string of the molecule is CCc1cccc(NC(=O)CSCC(=O)O)c1. The molecule has 5 heteroatoms. The minimum absolute atomic E-state index is 0.0532. The van der Waals surface area contributed by atoms with Crippen molar-refractivity contribution in [1.29, 1.82) is 0 Å². The van der Waals surface area contributed by atoms with Crippen LogP contribution in [-0.4, -0.2) is 28.5 Å². The summed E-state index contributed by atoms with van der Waals surface area (Å²) in [6, 6.07) is 7.62. The number of aliphatic carboxylic acids is 1. The molecule has 1 aromatic rings. The second kappa shape index (κ2) is 6.96. The molecule has 0 aliphatic heterocycles. The maximum atomic E-state index is 11.5. The molecule has 0 heterocycles. The zero-order chi connectivity index (χ0) is 12.7. The topological polar surface area (TPSA) is 66.4 Å². The average Bonchev–Trinajstić information content (AvgIpc) is 2.28. The lowest BCUT2D eigenvalue weighted by molar-refractivity contribution is -0.133. The van der Waals surface area contributed by atoms with Crippen LogP contribution < -0.4 is 5.32 Å². The first-order chi connectivity index (χ1) is 8.11. The Labute approximate surface area is 104 Å². The molecule has 0 fully saturated rings. The highest BCUT2D eigenvalue weighted by Crippen LogP contribution is 2.11. The van der Waals surface area contributed by atoms with Gasteiger partial charge in [0.25, 0.3) is 0 Å². The fourth-order valence-electron chi connectivity index (χ4n) is 1.30. The van der Waals surface area contributed by atoms with Crippen LogP contribution in [-0.2, 0) is 16.0 Å². The van der Waals surface area contributed by atoms with E-state index in [0.29, 0.717) is 0 Å². The molecule has 1 aromatic carbocycles. The number of anilines is 1. The van der Waals surface area contributed by atoms with E-state index in [9.17, 15) is 9.59 Å². The zero-order valence-corrected chi connectivity index (χ0v) is 10.4. The van der Waals surface area contributed by atoms with Crippen LogP contribution in [0.3, 0.4) is 0 Å². The van der Waals surface area contributed by atoms with Crippen molar-refractivity contribution in [3.05, 3.63) is 29.8 Å². The molecular weight excluding hydrogens is 238 g/mol. The number of aryl methyl sites for hydroxylation is 1. The summed E-state index contributed by atoms with van der Waals surface area (Å²) in [5.74, 6) is -0.981. The van der Waals surface area contributed by atoms with E-state index >= 15 is 0 Å². The van der Waals surface area contributed by atoms with Crippen LogP contribution in [0, 0.1) is 0 Å². The van der Waals surface area contributed by atoms with Gasteiger partial charge in [0.15, 0.2) is 0 Å². The molecule has 0 radical (unpaired) electrons. The van der Waals surface area contributed by atoms with Crippen molar-refractivity contribution in [1.82, 2.24) is 0 Å². The predicted molar refractivity (Wildman–Crippen MR) is 69.4 cm³/mol. The fraction of sp³-hybridized carbons (Fsp3) is 0.333. The van der Waals surface area contributed by atoms with Crippen molar-refractivity contribution in [2.75, 3.05) is 16.8 Å². The molecule has 92 valence electrons. The third-order valence-corrected chi connectivity index (χ3v) is 3.00. The van der Waals surface area contributed by atoms with E-state index in [-0.39, 0.29) is 17.4 Å². The minimum Gasteiger partial charge on any atom is -0.481 e. The van der Waals surface area contributed by atoms with Crippen molar-refractivity contribution in [2.45, 2.75) is 13.3 Å². The molecule has 0 bridgehead atoms. The minimum atomic E-state index is -0.907.